The van der Waals surface area contributed by atoms with Crippen molar-refractivity contribution in [2.75, 3.05) is 18.5 Å². The van der Waals surface area contributed by atoms with Gasteiger partial charge in [-0.25, -0.2) is 12.8 Å². The smallest absolute Gasteiger partial charge is 0.243 e. The third-order valence-corrected chi connectivity index (χ3v) is 8.24. The predicted molar refractivity (Wildman–Crippen MR) is 125 cm³/mol. The second kappa shape index (κ2) is 8.64. The van der Waals surface area contributed by atoms with Gasteiger partial charge in [-0.1, -0.05) is 36.1 Å². The molecule has 0 aromatic heterocycles. The Morgan fingerprint density at radius 1 is 1.00 bits per heavy atom. The summed E-state index contributed by atoms with van der Waals surface area (Å²) in [4.78, 5) is 0.258. The van der Waals surface area contributed by atoms with Gasteiger partial charge in [0.1, 0.15) is 5.82 Å². The average Bonchev–Trinajstić information content (AvgIpc) is 3.29. The molecule has 168 valence electrons. The van der Waals surface area contributed by atoms with E-state index in [-0.39, 0.29) is 29.3 Å². The van der Waals surface area contributed by atoms with Crippen molar-refractivity contribution in [3.05, 3.63) is 95.3 Å². The van der Waals surface area contributed by atoms with E-state index in [4.69, 9.17) is 0 Å². The number of benzene rings is 3. The Morgan fingerprint density at radius 2 is 1.76 bits per heavy atom. The molecule has 2 heterocycles. The normalized spacial score (nSPS) is 21.9. The van der Waals surface area contributed by atoms with E-state index in [9.17, 15) is 17.9 Å². The molecule has 3 aromatic rings. The molecule has 0 saturated carbocycles. The molecular formula is C26H23FN2O3S. The maximum absolute atomic E-state index is 13.5. The van der Waals surface area contributed by atoms with Crippen LogP contribution in [0.4, 0.5) is 10.1 Å². The molecule has 0 radical (unpaired) electrons. The molecule has 2 N–H and O–H groups in total. The number of halogens is 1. The number of nitrogens with zero attached hydrogens (tertiary/aromatic N) is 1. The van der Waals surface area contributed by atoms with Crippen LogP contribution >= 0.6 is 0 Å². The molecule has 0 bridgehead atoms. The molecule has 0 amide bonds. The van der Waals surface area contributed by atoms with E-state index in [1.165, 1.54) is 12.1 Å². The summed E-state index contributed by atoms with van der Waals surface area (Å²) in [6.07, 6.45) is 0.646. The summed E-state index contributed by atoms with van der Waals surface area (Å²) < 4.78 is 42.0. The number of fused-ring (bicyclic) bond motifs is 3. The van der Waals surface area contributed by atoms with Crippen LogP contribution in [0.5, 0.6) is 0 Å². The summed E-state index contributed by atoms with van der Waals surface area (Å²) in [6.45, 7) is 0.296. The van der Waals surface area contributed by atoms with Crippen molar-refractivity contribution in [2.45, 2.75) is 23.4 Å². The number of nitrogens with one attached hydrogen (secondary N) is 1. The van der Waals surface area contributed by atoms with E-state index in [1.54, 1.807) is 46.8 Å². The first-order valence-electron chi connectivity index (χ1n) is 10.8. The molecule has 33 heavy (non-hydrogen) atoms. The lowest BCUT2D eigenvalue weighted by atomic mass is 9.83. The van der Waals surface area contributed by atoms with Crippen molar-refractivity contribution >= 4 is 15.7 Å². The summed E-state index contributed by atoms with van der Waals surface area (Å²) in [5.74, 6) is 5.63. The Morgan fingerprint density at radius 3 is 2.48 bits per heavy atom. The SMILES string of the molecule is O=S(=O)(c1ccccc1)N1CC[C@@H]2[C@@H](CO)Nc3ccc(C#Cc4cccc(F)c4)cc3[C@@H]21. The van der Waals surface area contributed by atoms with Crippen LogP contribution in [-0.2, 0) is 10.0 Å². The first kappa shape index (κ1) is 21.7. The summed E-state index contributed by atoms with van der Waals surface area (Å²) in [7, 11) is -3.71. The zero-order chi connectivity index (χ0) is 23.0. The van der Waals surface area contributed by atoms with Crippen LogP contribution in [0.3, 0.4) is 0 Å². The Kier molecular flexibility index (Phi) is 5.67. The van der Waals surface area contributed by atoms with Crippen LogP contribution in [0.25, 0.3) is 0 Å². The topological polar surface area (TPSA) is 69.6 Å². The largest absolute Gasteiger partial charge is 0.394 e. The molecule has 5 rings (SSSR count). The van der Waals surface area contributed by atoms with Crippen LogP contribution < -0.4 is 5.32 Å². The van der Waals surface area contributed by atoms with Gasteiger partial charge >= 0.3 is 0 Å². The van der Waals surface area contributed by atoms with E-state index in [0.717, 1.165) is 11.3 Å². The molecular weight excluding hydrogens is 439 g/mol. The molecule has 0 unspecified atom stereocenters. The summed E-state index contributed by atoms with van der Waals surface area (Å²) in [6, 6.07) is 19.5. The third-order valence-electron chi connectivity index (χ3n) is 6.35. The van der Waals surface area contributed by atoms with Gasteiger partial charge in [-0.05, 0) is 60.5 Å². The number of anilines is 1. The molecule has 2 aliphatic heterocycles. The van der Waals surface area contributed by atoms with Gasteiger partial charge in [0, 0.05) is 29.3 Å². The Bertz CT molecular complexity index is 1350. The minimum Gasteiger partial charge on any atom is -0.394 e. The fraction of sp³-hybridized carbons (Fsp3) is 0.231. The van der Waals surface area contributed by atoms with E-state index < -0.39 is 16.1 Å². The lowest BCUT2D eigenvalue weighted by Crippen LogP contribution is -2.42. The molecule has 2 aliphatic rings. The standard InChI is InChI=1S/C26H23FN2O3S/c27-20-6-4-5-18(15-20)9-10-19-11-12-24-23(16-19)26-22(25(17-30)28-24)13-14-29(26)33(31,32)21-7-2-1-3-8-21/h1-8,11-12,15-16,22,25-26,28,30H,13-14,17H2/t22-,25-,26-/m1/s1. The van der Waals surface area contributed by atoms with Crippen LogP contribution in [-0.4, -0.2) is 37.0 Å². The van der Waals surface area contributed by atoms with Gasteiger partial charge in [-0.3, -0.25) is 0 Å². The Balaban J connectivity index is 1.56. The van der Waals surface area contributed by atoms with Crippen molar-refractivity contribution in [1.82, 2.24) is 4.31 Å². The maximum atomic E-state index is 13.5. The zero-order valence-corrected chi connectivity index (χ0v) is 18.6. The first-order chi connectivity index (χ1) is 16.0. The lowest BCUT2D eigenvalue weighted by molar-refractivity contribution is 0.210. The number of hydrogen-bond acceptors (Lipinski definition) is 4. The monoisotopic (exact) mass is 462 g/mol. The number of aliphatic hydroxyl groups is 1. The molecule has 0 aliphatic carbocycles. The highest BCUT2D eigenvalue weighted by Gasteiger charge is 2.48. The Hall–Kier alpha value is -3.18. The lowest BCUT2D eigenvalue weighted by Gasteiger charge is -2.38. The summed E-state index contributed by atoms with van der Waals surface area (Å²) in [5, 5.41) is 13.3. The van der Waals surface area contributed by atoms with Crippen molar-refractivity contribution in [2.24, 2.45) is 5.92 Å². The van der Waals surface area contributed by atoms with E-state index in [0.29, 0.717) is 24.1 Å². The van der Waals surface area contributed by atoms with Gasteiger partial charge in [0.05, 0.1) is 23.6 Å². The van der Waals surface area contributed by atoms with Gasteiger partial charge < -0.3 is 10.4 Å². The van der Waals surface area contributed by atoms with Gasteiger partial charge in [-0.15, -0.1) is 0 Å². The van der Waals surface area contributed by atoms with Gasteiger partial charge in [-0.2, -0.15) is 4.31 Å². The predicted octanol–water partition coefficient (Wildman–Crippen LogP) is 3.76. The zero-order valence-electron chi connectivity index (χ0n) is 17.8. The minimum absolute atomic E-state index is 0.0626. The summed E-state index contributed by atoms with van der Waals surface area (Å²) in [5.41, 5.74) is 2.91. The first-order valence-corrected chi connectivity index (χ1v) is 12.3. The van der Waals surface area contributed by atoms with E-state index in [1.807, 2.05) is 18.2 Å². The molecule has 1 fully saturated rings. The second-order valence-corrected chi connectivity index (χ2v) is 10.2. The van der Waals surface area contributed by atoms with Crippen molar-refractivity contribution in [1.29, 1.82) is 0 Å². The number of sulfonamides is 1. The van der Waals surface area contributed by atoms with Crippen molar-refractivity contribution in [3.8, 4) is 11.8 Å². The molecule has 3 aromatic carbocycles. The maximum Gasteiger partial charge on any atom is 0.243 e. The van der Waals surface area contributed by atoms with Gasteiger partial charge in [0.15, 0.2) is 0 Å². The molecule has 3 atom stereocenters. The minimum atomic E-state index is -3.71. The van der Waals surface area contributed by atoms with Gasteiger partial charge in [0.25, 0.3) is 0 Å². The van der Waals surface area contributed by atoms with E-state index in [2.05, 4.69) is 17.2 Å². The summed E-state index contributed by atoms with van der Waals surface area (Å²) >= 11 is 0. The highest BCUT2D eigenvalue weighted by atomic mass is 32.2. The number of aliphatic hydroxyl groups excluding tert-OH is 1. The Labute approximate surface area is 192 Å². The van der Waals surface area contributed by atoms with Crippen LogP contribution in [0.1, 0.15) is 29.2 Å². The third kappa shape index (κ3) is 4.02. The van der Waals surface area contributed by atoms with Gasteiger partial charge in [0.2, 0.25) is 10.0 Å². The molecule has 0 spiro atoms. The van der Waals surface area contributed by atoms with Crippen LogP contribution in [0.15, 0.2) is 77.7 Å². The highest BCUT2D eigenvalue weighted by Crippen LogP contribution is 2.48. The fourth-order valence-corrected chi connectivity index (χ4v) is 6.49. The van der Waals surface area contributed by atoms with Crippen LogP contribution in [0, 0.1) is 23.6 Å². The fourth-order valence-electron chi connectivity index (χ4n) is 4.81. The number of rotatable bonds is 3. The highest BCUT2D eigenvalue weighted by molar-refractivity contribution is 7.89. The van der Waals surface area contributed by atoms with Crippen LogP contribution in [0.2, 0.25) is 0 Å². The molecule has 7 heteroatoms. The van der Waals surface area contributed by atoms with Crippen molar-refractivity contribution in [3.63, 3.8) is 0 Å². The number of hydrogen-bond donors (Lipinski definition) is 2. The second-order valence-electron chi connectivity index (χ2n) is 8.32. The van der Waals surface area contributed by atoms with E-state index >= 15 is 0 Å². The van der Waals surface area contributed by atoms with Crippen molar-refractivity contribution < 1.29 is 17.9 Å². The quantitative estimate of drug-likeness (QED) is 0.582. The molecule has 1 saturated heterocycles. The average molecular weight is 463 g/mol. The molecule has 5 nitrogen and oxygen atoms in total.